The third-order valence-corrected chi connectivity index (χ3v) is 5.76. The molecule has 1 N–H and O–H groups in total. The maximum Gasteiger partial charge on any atom is 0.161 e. The molecular formula is C24H41NO3. The lowest BCUT2D eigenvalue weighted by molar-refractivity contribution is 0.108. The van der Waals surface area contributed by atoms with Gasteiger partial charge in [-0.25, -0.2) is 0 Å². The van der Waals surface area contributed by atoms with Gasteiger partial charge in [-0.1, -0.05) is 57.9 Å². The minimum absolute atomic E-state index is 0.493. The molecule has 1 aromatic carbocycles. The Bertz CT molecular complexity index is 545. The number of ether oxygens (including phenoxy) is 2. The van der Waals surface area contributed by atoms with Crippen LogP contribution in [0.5, 0.6) is 11.5 Å². The molecule has 2 rings (SSSR count). The molecule has 1 aromatic rings. The fourth-order valence-electron chi connectivity index (χ4n) is 3.80. The van der Waals surface area contributed by atoms with Crippen LogP contribution in [0.2, 0.25) is 0 Å². The first-order valence-corrected chi connectivity index (χ1v) is 11.3. The summed E-state index contributed by atoms with van der Waals surface area (Å²) < 4.78 is 10.7. The van der Waals surface area contributed by atoms with Crippen LogP contribution in [0.15, 0.2) is 18.2 Å². The molecule has 0 bridgehead atoms. The SMILES string of the molecule is CCCCCCCCCCN(CC1CC1)CC(O)c1ccc(OC)c(OC)c1. The molecule has 0 aromatic heterocycles. The highest BCUT2D eigenvalue weighted by molar-refractivity contribution is 5.43. The van der Waals surface area contributed by atoms with Gasteiger partial charge in [0.25, 0.3) is 0 Å². The van der Waals surface area contributed by atoms with E-state index in [1.165, 1.54) is 64.2 Å². The molecule has 1 aliphatic rings. The van der Waals surface area contributed by atoms with Gasteiger partial charge in [0.05, 0.1) is 20.3 Å². The van der Waals surface area contributed by atoms with Gasteiger partial charge >= 0.3 is 0 Å². The van der Waals surface area contributed by atoms with E-state index < -0.39 is 6.10 Å². The van der Waals surface area contributed by atoms with E-state index in [0.29, 0.717) is 18.0 Å². The number of hydrogen-bond acceptors (Lipinski definition) is 4. The van der Waals surface area contributed by atoms with E-state index in [2.05, 4.69) is 11.8 Å². The summed E-state index contributed by atoms with van der Waals surface area (Å²) in [5.74, 6) is 2.22. The zero-order valence-electron chi connectivity index (χ0n) is 18.3. The summed E-state index contributed by atoms with van der Waals surface area (Å²) in [6.07, 6.45) is 12.9. The van der Waals surface area contributed by atoms with Crippen molar-refractivity contribution in [3.63, 3.8) is 0 Å². The number of unbranched alkanes of at least 4 members (excludes halogenated alkanes) is 7. The van der Waals surface area contributed by atoms with Crippen molar-refractivity contribution in [2.75, 3.05) is 33.9 Å². The lowest BCUT2D eigenvalue weighted by Gasteiger charge is -2.25. The molecule has 1 unspecified atom stereocenters. The molecule has 0 spiro atoms. The largest absolute Gasteiger partial charge is 0.493 e. The third-order valence-electron chi connectivity index (χ3n) is 5.76. The van der Waals surface area contributed by atoms with Crippen LogP contribution in [0, 0.1) is 5.92 Å². The second-order valence-electron chi connectivity index (χ2n) is 8.31. The molecule has 4 heteroatoms. The fraction of sp³-hybridized carbons (Fsp3) is 0.750. The van der Waals surface area contributed by atoms with Gasteiger partial charge in [-0.15, -0.1) is 0 Å². The van der Waals surface area contributed by atoms with Crippen molar-refractivity contribution in [1.82, 2.24) is 4.90 Å². The van der Waals surface area contributed by atoms with Crippen LogP contribution in [0.4, 0.5) is 0 Å². The number of hydrogen-bond donors (Lipinski definition) is 1. The summed E-state index contributed by atoms with van der Waals surface area (Å²) in [6.45, 7) is 5.18. The topological polar surface area (TPSA) is 41.9 Å². The van der Waals surface area contributed by atoms with Gasteiger partial charge in [-0.2, -0.15) is 0 Å². The molecule has 160 valence electrons. The van der Waals surface area contributed by atoms with Gasteiger partial charge in [0.2, 0.25) is 0 Å². The van der Waals surface area contributed by atoms with Gasteiger partial charge < -0.3 is 19.5 Å². The summed E-state index contributed by atoms with van der Waals surface area (Å²) in [4.78, 5) is 2.47. The minimum Gasteiger partial charge on any atom is -0.493 e. The van der Waals surface area contributed by atoms with Crippen molar-refractivity contribution < 1.29 is 14.6 Å². The molecular weight excluding hydrogens is 350 g/mol. The molecule has 0 aliphatic heterocycles. The minimum atomic E-state index is -0.493. The first-order chi connectivity index (χ1) is 13.7. The number of nitrogens with zero attached hydrogens (tertiary/aromatic N) is 1. The molecule has 0 radical (unpaired) electrons. The number of benzene rings is 1. The van der Waals surface area contributed by atoms with Crippen LogP contribution < -0.4 is 9.47 Å². The quantitative estimate of drug-likeness (QED) is 0.373. The molecule has 1 atom stereocenters. The van der Waals surface area contributed by atoms with Gasteiger partial charge in [0.1, 0.15) is 0 Å². The lowest BCUT2D eigenvalue weighted by Crippen LogP contribution is -2.31. The molecule has 1 aliphatic carbocycles. The average molecular weight is 392 g/mol. The van der Waals surface area contributed by atoms with E-state index in [9.17, 15) is 5.11 Å². The van der Waals surface area contributed by atoms with Crippen LogP contribution in [-0.2, 0) is 0 Å². The van der Waals surface area contributed by atoms with E-state index >= 15 is 0 Å². The van der Waals surface area contributed by atoms with Gasteiger partial charge in [0.15, 0.2) is 11.5 Å². The zero-order chi connectivity index (χ0) is 20.2. The normalized spacial score (nSPS) is 15.0. The number of methoxy groups -OCH3 is 2. The van der Waals surface area contributed by atoms with Crippen LogP contribution in [0.1, 0.15) is 82.8 Å². The predicted octanol–water partition coefficient (Wildman–Crippen LogP) is 5.59. The number of aliphatic hydroxyl groups excluding tert-OH is 1. The molecule has 4 nitrogen and oxygen atoms in total. The third kappa shape index (κ3) is 8.40. The van der Waals surface area contributed by atoms with Gasteiger partial charge in [0, 0.05) is 13.1 Å². The molecule has 0 heterocycles. The maximum absolute atomic E-state index is 10.8. The van der Waals surface area contributed by atoms with Crippen LogP contribution in [0.3, 0.4) is 0 Å². The first kappa shape index (κ1) is 23.0. The van der Waals surface area contributed by atoms with Crippen molar-refractivity contribution >= 4 is 0 Å². The van der Waals surface area contributed by atoms with Crippen molar-refractivity contribution in [3.8, 4) is 11.5 Å². The van der Waals surface area contributed by atoms with Crippen LogP contribution in [0.25, 0.3) is 0 Å². The second-order valence-corrected chi connectivity index (χ2v) is 8.31. The van der Waals surface area contributed by atoms with E-state index in [1.807, 2.05) is 18.2 Å². The number of aliphatic hydroxyl groups is 1. The van der Waals surface area contributed by atoms with Crippen LogP contribution in [-0.4, -0.2) is 43.9 Å². The van der Waals surface area contributed by atoms with Gasteiger partial charge in [-0.3, -0.25) is 0 Å². The Morgan fingerprint density at radius 3 is 2.21 bits per heavy atom. The Morgan fingerprint density at radius 2 is 1.61 bits per heavy atom. The lowest BCUT2D eigenvalue weighted by atomic mass is 10.1. The first-order valence-electron chi connectivity index (χ1n) is 11.3. The molecule has 1 saturated carbocycles. The standard InChI is InChI=1S/C24H41NO3/c1-4-5-6-7-8-9-10-11-16-25(18-20-12-13-20)19-22(26)21-14-15-23(27-2)24(17-21)28-3/h14-15,17,20,22,26H,4-13,16,18-19H2,1-3H3. The number of rotatable bonds is 16. The highest BCUT2D eigenvalue weighted by Crippen LogP contribution is 2.32. The van der Waals surface area contributed by atoms with E-state index in [0.717, 1.165) is 24.6 Å². The highest BCUT2D eigenvalue weighted by Gasteiger charge is 2.25. The Morgan fingerprint density at radius 1 is 0.964 bits per heavy atom. The summed E-state index contributed by atoms with van der Waals surface area (Å²) in [5.41, 5.74) is 0.898. The maximum atomic E-state index is 10.8. The zero-order valence-corrected chi connectivity index (χ0v) is 18.3. The summed E-state index contributed by atoms with van der Waals surface area (Å²) in [7, 11) is 3.27. The summed E-state index contributed by atoms with van der Waals surface area (Å²) in [6, 6.07) is 5.72. The molecule has 28 heavy (non-hydrogen) atoms. The monoisotopic (exact) mass is 391 g/mol. The predicted molar refractivity (Wildman–Crippen MR) is 116 cm³/mol. The molecule has 0 saturated heterocycles. The smallest absolute Gasteiger partial charge is 0.161 e. The Hall–Kier alpha value is -1.26. The van der Waals surface area contributed by atoms with Crippen molar-refractivity contribution in [2.24, 2.45) is 5.92 Å². The van der Waals surface area contributed by atoms with E-state index in [-0.39, 0.29) is 0 Å². The Labute approximate surface area is 172 Å². The van der Waals surface area contributed by atoms with Crippen molar-refractivity contribution in [2.45, 2.75) is 77.2 Å². The fourth-order valence-corrected chi connectivity index (χ4v) is 3.80. The van der Waals surface area contributed by atoms with Gasteiger partial charge in [-0.05, 0) is 49.4 Å². The van der Waals surface area contributed by atoms with Crippen molar-refractivity contribution in [1.29, 1.82) is 0 Å². The van der Waals surface area contributed by atoms with Crippen LogP contribution >= 0.6 is 0 Å². The van der Waals surface area contributed by atoms with E-state index in [4.69, 9.17) is 9.47 Å². The highest BCUT2D eigenvalue weighted by atomic mass is 16.5. The summed E-state index contributed by atoms with van der Waals surface area (Å²) in [5, 5.41) is 10.8. The summed E-state index contributed by atoms with van der Waals surface area (Å²) >= 11 is 0. The molecule has 0 amide bonds. The second kappa shape index (κ2) is 13.1. The molecule has 1 fully saturated rings. The average Bonchev–Trinajstić information content (AvgIpc) is 3.53. The van der Waals surface area contributed by atoms with E-state index in [1.54, 1.807) is 14.2 Å². The Balaban J connectivity index is 1.77. The Kier molecular flexibility index (Phi) is 10.7. The van der Waals surface area contributed by atoms with Crippen molar-refractivity contribution in [3.05, 3.63) is 23.8 Å².